The number of para-hydroxylation sites is 1. The van der Waals surface area contributed by atoms with Crippen molar-refractivity contribution in [1.82, 2.24) is 0 Å². The zero-order valence-corrected chi connectivity index (χ0v) is 13.6. The van der Waals surface area contributed by atoms with Gasteiger partial charge >= 0.3 is 0 Å². The van der Waals surface area contributed by atoms with E-state index < -0.39 is 0 Å². The van der Waals surface area contributed by atoms with Gasteiger partial charge in [0.2, 0.25) is 0 Å². The second-order valence-electron chi connectivity index (χ2n) is 6.50. The average molecular weight is 294 g/mol. The number of nitrogens with zero attached hydrogens (tertiary/aromatic N) is 1. The quantitative estimate of drug-likeness (QED) is 0.912. The first-order valence-corrected chi connectivity index (χ1v) is 8.35. The highest BCUT2D eigenvalue weighted by Crippen LogP contribution is 2.34. The summed E-state index contributed by atoms with van der Waals surface area (Å²) < 4.78 is 0. The lowest BCUT2D eigenvalue weighted by molar-refractivity contribution is 0.587. The number of fused-ring (bicyclic) bond motifs is 1. The molecule has 0 saturated heterocycles. The zero-order chi connectivity index (χ0) is 15.5. The third kappa shape index (κ3) is 2.89. The Hall–Kier alpha value is -1.80. The van der Waals surface area contributed by atoms with Crippen molar-refractivity contribution in [2.24, 2.45) is 5.73 Å². The highest BCUT2D eigenvalue weighted by atomic mass is 15.2. The normalized spacial score (nSPS) is 15.7. The van der Waals surface area contributed by atoms with Crippen molar-refractivity contribution < 1.29 is 0 Å². The maximum Gasteiger partial charge on any atom is 0.0664 e. The fraction of sp³-hybridized carbons (Fsp3) is 0.400. The Morgan fingerprint density at radius 1 is 1.00 bits per heavy atom. The minimum Gasteiger partial charge on any atom is -0.363 e. The fourth-order valence-electron chi connectivity index (χ4n) is 3.43. The molecule has 2 aromatic carbocycles. The van der Waals surface area contributed by atoms with Crippen molar-refractivity contribution in [3.63, 3.8) is 0 Å². The fourth-order valence-corrected chi connectivity index (χ4v) is 3.43. The van der Waals surface area contributed by atoms with Crippen LogP contribution in [0.2, 0.25) is 0 Å². The summed E-state index contributed by atoms with van der Waals surface area (Å²) in [5.41, 5.74) is 11.7. The van der Waals surface area contributed by atoms with Crippen LogP contribution in [-0.2, 0) is 6.42 Å². The Labute approximate surface area is 134 Å². The molecule has 1 aliphatic heterocycles. The first-order chi connectivity index (χ1) is 10.7. The number of benzene rings is 2. The van der Waals surface area contributed by atoms with Crippen molar-refractivity contribution in [3.8, 4) is 0 Å². The van der Waals surface area contributed by atoms with Crippen LogP contribution in [0.5, 0.6) is 0 Å². The van der Waals surface area contributed by atoms with Gasteiger partial charge < -0.3 is 10.6 Å². The summed E-state index contributed by atoms with van der Waals surface area (Å²) in [6, 6.07) is 18.0. The number of rotatable bonds is 4. The molecule has 2 aromatic rings. The Bertz CT molecular complexity index is 616. The summed E-state index contributed by atoms with van der Waals surface area (Å²) in [6.07, 6.45) is 2.38. The van der Waals surface area contributed by atoms with Gasteiger partial charge in [0.15, 0.2) is 0 Å². The summed E-state index contributed by atoms with van der Waals surface area (Å²) in [4.78, 5) is 2.49. The zero-order valence-electron chi connectivity index (χ0n) is 13.6. The van der Waals surface area contributed by atoms with Crippen LogP contribution in [0.1, 0.15) is 48.9 Å². The highest BCUT2D eigenvalue weighted by Gasteiger charge is 2.24. The van der Waals surface area contributed by atoms with Crippen LogP contribution >= 0.6 is 0 Å². The van der Waals surface area contributed by atoms with Crippen molar-refractivity contribution >= 4 is 5.69 Å². The lowest BCUT2D eigenvalue weighted by Crippen LogP contribution is -2.37. The van der Waals surface area contributed by atoms with Gasteiger partial charge in [-0.3, -0.25) is 0 Å². The minimum atomic E-state index is 0.266. The Balaban J connectivity index is 1.92. The topological polar surface area (TPSA) is 29.3 Å². The molecule has 2 heteroatoms. The first kappa shape index (κ1) is 15.1. The predicted octanol–water partition coefficient (Wildman–Crippen LogP) is 4.26. The van der Waals surface area contributed by atoms with E-state index in [-0.39, 0.29) is 6.04 Å². The molecule has 1 heterocycles. The summed E-state index contributed by atoms with van der Waals surface area (Å²) in [7, 11) is 0. The molecule has 0 amide bonds. The molecule has 3 rings (SSSR count). The van der Waals surface area contributed by atoms with Gasteiger partial charge in [0.05, 0.1) is 6.04 Å². The molecule has 0 spiro atoms. The third-order valence-corrected chi connectivity index (χ3v) is 4.73. The number of aryl methyl sites for hydroxylation is 1. The standard InChI is InChI=1S/C20H26N2/c1-15(2)16-9-11-18(12-10-16)20(14-21)22-13-5-7-17-6-3-4-8-19(17)22/h3-4,6,8-12,15,20H,5,7,13-14,21H2,1-2H3. The van der Waals surface area contributed by atoms with Gasteiger partial charge in [-0.2, -0.15) is 0 Å². The van der Waals surface area contributed by atoms with Crippen LogP contribution in [0.25, 0.3) is 0 Å². The second-order valence-corrected chi connectivity index (χ2v) is 6.50. The minimum absolute atomic E-state index is 0.266. The summed E-state index contributed by atoms with van der Waals surface area (Å²) >= 11 is 0. The van der Waals surface area contributed by atoms with Gasteiger partial charge in [-0.05, 0) is 41.5 Å². The second kappa shape index (κ2) is 6.53. The van der Waals surface area contributed by atoms with Crippen LogP contribution in [0.4, 0.5) is 5.69 Å². The Morgan fingerprint density at radius 3 is 2.36 bits per heavy atom. The van der Waals surface area contributed by atoms with E-state index in [2.05, 4.69) is 67.3 Å². The predicted molar refractivity (Wildman–Crippen MR) is 94.4 cm³/mol. The first-order valence-electron chi connectivity index (χ1n) is 8.35. The van der Waals surface area contributed by atoms with Crippen molar-refractivity contribution in [3.05, 3.63) is 65.2 Å². The van der Waals surface area contributed by atoms with Gasteiger partial charge in [-0.15, -0.1) is 0 Å². The largest absolute Gasteiger partial charge is 0.363 e. The molecule has 0 saturated carbocycles. The van der Waals surface area contributed by atoms with Crippen LogP contribution in [0.15, 0.2) is 48.5 Å². The van der Waals surface area contributed by atoms with E-state index in [0.717, 1.165) is 6.54 Å². The smallest absolute Gasteiger partial charge is 0.0664 e. The molecule has 2 nitrogen and oxygen atoms in total. The average Bonchev–Trinajstić information content (AvgIpc) is 2.56. The van der Waals surface area contributed by atoms with Gasteiger partial charge in [0.1, 0.15) is 0 Å². The van der Waals surface area contributed by atoms with Crippen molar-refractivity contribution in [2.45, 2.75) is 38.6 Å². The molecule has 0 aliphatic carbocycles. The van der Waals surface area contributed by atoms with E-state index >= 15 is 0 Å². The maximum absolute atomic E-state index is 6.15. The number of hydrogen-bond acceptors (Lipinski definition) is 2. The SMILES string of the molecule is CC(C)c1ccc(C(CN)N2CCCc3ccccc32)cc1. The lowest BCUT2D eigenvalue weighted by Gasteiger charge is -2.38. The molecule has 1 atom stereocenters. The van der Waals surface area contributed by atoms with Crippen LogP contribution in [-0.4, -0.2) is 13.1 Å². The van der Waals surface area contributed by atoms with E-state index in [1.54, 1.807) is 0 Å². The van der Waals surface area contributed by atoms with Gasteiger partial charge in [0.25, 0.3) is 0 Å². The number of hydrogen-bond donors (Lipinski definition) is 1. The molecule has 116 valence electrons. The highest BCUT2D eigenvalue weighted by molar-refractivity contribution is 5.57. The molecule has 0 fully saturated rings. The molecular weight excluding hydrogens is 268 g/mol. The molecule has 1 aliphatic rings. The van der Waals surface area contributed by atoms with Crippen LogP contribution < -0.4 is 10.6 Å². The summed E-state index contributed by atoms with van der Waals surface area (Å²) in [5, 5.41) is 0. The van der Waals surface area contributed by atoms with Gasteiger partial charge in [0, 0.05) is 18.8 Å². The van der Waals surface area contributed by atoms with Crippen LogP contribution in [0, 0.1) is 0 Å². The molecule has 2 N–H and O–H groups in total. The third-order valence-electron chi connectivity index (χ3n) is 4.73. The molecule has 0 aromatic heterocycles. The number of nitrogens with two attached hydrogens (primary N) is 1. The molecular formula is C20H26N2. The maximum atomic E-state index is 6.15. The Kier molecular flexibility index (Phi) is 4.49. The lowest BCUT2D eigenvalue weighted by atomic mass is 9.95. The Morgan fingerprint density at radius 2 is 1.68 bits per heavy atom. The summed E-state index contributed by atoms with van der Waals surface area (Å²) in [6.45, 7) is 6.20. The van der Waals surface area contributed by atoms with E-state index in [4.69, 9.17) is 5.73 Å². The molecule has 22 heavy (non-hydrogen) atoms. The van der Waals surface area contributed by atoms with Crippen molar-refractivity contribution in [2.75, 3.05) is 18.0 Å². The van der Waals surface area contributed by atoms with E-state index in [1.165, 1.54) is 35.2 Å². The molecule has 0 radical (unpaired) electrons. The van der Waals surface area contributed by atoms with Crippen LogP contribution in [0.3, 0.4) is 0 Å². The number of anilines is 1. The summed E-state index contributed by atoms with van der Waals surface area (Å²) in [5.74, 6) is 0.570. The van der Waals surface area contributed by atoms with Gasteiger partial charge in [-0.25, -0.2) is 0 Å². The van der Waals surface area contributed by atoms with E-state index in [9.17, 15) is 0 Å². The molecule has 0 bridgehead atoms. The van der Waals surface area contributed by atoms with E-state index in [1.807, 2.05) is 0 Å². The van der Waals surface area contributed by atoms with E-state index in [0.29, 0.717) is 12.5 Å². The van der Waals surface area contributed by atoms with Crippen molar-refractivity contribution in [1.29, 1.82) is 0 Å². The monoisotopic (exact) mass is 294 g/mol. The molecule has 1 unspecified atom stereocenters. The van der Waals surface area contributed by atoms with Gasteiger partial charge in [-0.1, -0.05) is 56.3 Å².